The van der Waals surface area contributed by atoms with E-state index in [4.69, 9.17) is 0 Å². The normalized spacial score (nSPS) is 17.3. The van der Waals surface area contributed by atoms with Gasteiger partial charge in [-0.25, -0.2) is 0 Å². The second-order valence-electron chi connectivity index (χ2n) is 6.76. The summed E-state index contributed by atoms with van der Waals surface area (Å²) in [5.41, 5.74) is 3.79. The molecule has 1 N–H and O–H groups in total. The average molecular weight is 334 g/mol. The lowest BCUT2D eigenvalue weighted by atomic mass is 10.0. The highest BCUT2D eigenvalue weighted by Gasteiger charge is 2.31. The molecule has 4 rings (SSSR count). The zero-order valence-corrected chi connectivity index (χ0v) is 14.4. The lowest BCUT2D eigenvalue weighted by Gasteiger charge is -2.24. The first-order valence-electron chi connectivity index (χ1n) is 8.88. The van der Waals surface area contributed by atoms with Crippen LogP contribution in [0.5, 0.6) is 0 Å². The van der Waals surface area contributed by atoms with E-state index in [0.717, 1.165) is 48.8 Å². The fourth-order valence-electron chi connectivity index (χ4n) is 3.76. The highest BCUT2D eigenvalue weighted by atomic mass is 16.2. The summed E-state index contributed by atoms with van der Waals surface area (Å²) in [6.45, 7) is 2.83. The first-order chi connectivity index (χ1) is 12.2. The SMILES string of the molecule is Cc1cc(CCC2CCCN2C(=O)c2n[nH]c3ccccc23)ccn1. The fourth-order valence-corrected chi connectivity index (χ4v) is 3.76. The van der Waals surface area contributed by atoms with Crippen LogP contribution >= 0.6 is 0 Å². The summed E-state index contributed by atoms with van der Waals surface area (Å²) in [7, 11) is 0. The molecule has 25 heavy (non-hydrogen) atoms. The number of hydrogen-bond acceptors (Lipinski definition) is 3. The maximum atomic E-state index is 13.0. The number of nitrogens with zero attached hydrogens (tertiary/aromatic N) is 3. The number of aromatic nitrogens is 3. The van der Waals surface area contributed by atoms with Crippen LogP contribution in [0.15, 0.2) is 42.6 Å². The predicted molar refractivity (Wildman–Crippen MR) is 97.4 cm³/mol. The molecule has 1 atom stereocenters. The van der Waals surface area contributed by atoms with Crippen LogP contribution in [0.4, 0.5) is 0 Å². The Hall–Kier alpha value is -2.69. The molecule has 0 saturated carbocycles. The smallest absolute Gasteiger partial charge is 0.275 e. The van der Waals surface area contributed by atoms with Gasteiger partial charge in [0.15, 0.2) is 5.69 Å². The van der Waals surface area contributed by atoms with Gasteiger partial charge in [-0.3, -0.25) is 14.9 Å². The minimum Gasteiger partial charge on any atom is -0.334 e. The van der Waals surface area contributed by atoms with Gasteiger partial charge >= 0.3 is 0 Å². The zero-order chi connectivity index (χ0) is 17.2. The lowest BCUT2D eigenvalue weighted by molar-refractivity contribution is 0.0726. The molecular formula is C20H22N4O. The van der Waals surface area contributed by atoms with Gasteiger partial charge in [0.2, 0.25) is 0 Å². The molecule has 1 aliphatic heterocycles. The molecule has 0 bridgehead atoms. The second-order valence-corrected chi connectivity index (χ2v) is 6.76. The van der Waals surface area contributed by atoms with Crippen molar-refractivity contribution in [2.45, 2.75) is 38.6 Å². The Morgan fingerprint density at radius 3 is 3.08 bits per heavy atom. The van der Waals surface area contributed by atoms with Crippen LogP contribution in [0.1, 0.15) is 41.0 Å². The summed E-state index contributed by atoms with van der Waals surface area (Å²) in [6.07, 6.45) is 5.95. The molecule has 1 aliphatic rings. The van der Waals surface area contributed by atoms with Crippen molar-refractivity contribution in [1.29, 1.82) is 0 Å². The number of aromatic amines is 1. The van der Waals surface area contributed by atoms with Crippen molar-refractivity contribution in [2.75, 3.05) is 6.54 Å². The number of pyridine rings is 1. The molecular weight excluding hydrogens is 312 g/mol. The number of carbonyl (C=O) groups excluding carboxylic acids is 1. The molecule has 2 aromatic heterocycles. The van der Waals surface area contributed by atoms with Gasteiger partial charge in [-0.2, -0.15) is 5.10 Å². The van der Waals surface area contributed by atoms with Gasteiger partial charge < -0.3 is 4.90 Å². The van der Waals surface area contributed by atoms with E-state index >= 15 is 0 Å². The maximum Gasteiger partial charge on any atom is 0.275 e. The Bertz CT molecular complexity index is 901. The summed E-state index contributed by atoms with van der Waals surface area (Å²) < 4.78 is 0. The number of H-pyrrole nitrogens is 1. The minimum absolute atomic E-state index is 0.0471. The number of para-hydroxylation sites is 1. The van der Waals surface area contributed by atoms with Crippen LogP contribution in [-0.4, -0.2) is 38.6 Å². The molecule has 1 unspecified atom stereocenters. The molecule has 5 heteroatoms. The van der Waals surface area contributed by atoms with Gasteiger partial charge in [-0.05, 0) is 56.4 Å². The number of likely N-dealkylation sites (tertiary alicyclic amines) is 1. The van der Waals surface area contributed by atoms with Crippen molar-refractivity contribution in [3.63, 3.8) is 0 Å². The predicted octanol–water partition coefficient (Wildman–Crippen LogP) is 3.50. The Labute approximate surface area is 147 Å². The molecule has 1 aromatic carbocycles. The monoisotopic (exact) mass is 334 g/mol. The van der Waals surface area contributed by atoms with E-state index in [1.54, 1.807) is 0 Å². The van der Waals surface area contributed by atoms with Gasteiger partial charge in [-0.1, -0.05) is 18.2 Å². The Morgan fingerprint density at radius 2 is 2.20 bits per heavy atom. The summed E-state index contributed by atoms with van der Waals surface area (Å²) in [4.78, 5) is 19.3. The van der Waals surface area contributed by atoms with Crippen molar-refractivity contribution >= 4 is 16.8 Å². The largest absolute Gasteiger partial charge is 0.334 e. The van der Waals surface area contributed by atoms with E-state index in [1.807, 2.05) is 42.3 Å². The highest BCUT2D eigenvalue weighted by molar-refractivity contribution is 6.04. The van der Waals surface area contributed by atoms with Gasteiger partial charge in [0.25, 0.3) is 5.91 Å². The van der Waals surface area contributed by atoms with Crippen molar-refractivity contribution in [1.82, 2.24) is 20.1 Å². The van der Waals surface area contributed by atoms with E-state index in [0.29, 0.717) is 5.69 Å². The summed E-state index contributed by atoms with van der Waals surface area (Å²) >= 11 is 0. The van der Waals surface area contributed by atoms with E-state index in [-0.39, 0.29) is 11.9 Å². The van der Waals surface area contributed by atoms with Gasteiger partial charge in [0, 0.05) is 29.9 Å². The molecule has 0 radical (unpaired) electrons. The van der Waals surface area contributed by atoms with Crippen molar-refractivity contribution in [3.05, 3.63) is 59.5 Å². The Morgan fingerprint density at radius 1 is 1.32 bits per heavy atom. The number of amides is 1. The molecule has 0 aliphatic carbocycles. The zero-order valence-electron chi connectivity index (χ0n) is 14.4. The third-order valence-electron chi connectivity index (χ3n) is 5.04. The molecule has 1 amide bonds. The highest BCUT2D eigenvalue weighted by Crippen LogP contribution is 2.26. The third-order valence-corrected chi connectivity index (χ3v) is 5.04. The van der Waals surface area contributed by atoms with Crippen molar-refractivity contribution in [2.24, 2.45) is 0 Å². The van der Waals surface area contributed by atoms with E-state index in [1.165, 1.54) is 5.56 Å². The topological polar surface area (TPSA) is 61.9 Å². The van der Waals surface area contributed by atoms with Gasteiger partial charge in [-0.15, -0.1) is 0 Å². The summed E-state index contributed by atoms with van der Waals surface area (Å²) in [5, 5.41) is 8.15. The standard InChI is InChI=1S/C20H22N4O/c1-14-13-15(10-11-21-14)8-9-16-5-4-12-24(16)20(25)19-17-6-2-3-7-18(17)22-23-19/h2-3,6-7,10-11,13,16H,4-5,8-9,12H2,1H3,(H,22,23). The molecule has 5 nitrogen and oxygen atoms in total. The van der Waals surface area contributed by atoms with Gasteiger partial charge in [0.05, 0.1) is 5.52 Å². The molecule has 3 heterocycles. The van der Waals surface area contributed by atoms with Crippen molar-refractivity contribution < 1.29 is 4.79 Å². The molecule has 1 fully saturated rings. The molecule has 128 valence electrons. The number of hydrogen-bond donors (Lipinski definition) is 1. The maximum absolute atomic E-state index is 13.0. The lowest BCUT2D eigenvalue weighted by Crippen LogP contribution is -2.36. The van der Waals surface area contributed by atoms with Crippen LogP contribution in [0, 0.1) is 6.92 Å². The molecule has 3 aromatic rings. The van der Waals surface area contributed by atoms with Crippen LogP contribution in [0.25, 0.3) is 10.9 Å². The van der Waals surface area contributed by atoms with Crippen molar-refractivity contribution in [3.8, 4) is 0 Å². The van der Waals surface area contributed by atoms with E-state index in [2.05, 4.69) is 27.3 Å². The number of aryl methyl sites for hydroxylation is 2. The number of fused-ring (bicyclic) bond motifs is 1. The van der Waals surface area contributed by atoms with Crippen LogP contribution < -0.4 is 0 Å². The first-order valence-corrected chi connectivity index (χ1v) is 8.88. The van der Waals surface area contributed by atoms with Gasteiger partial charge in [0.1, 0.15) is 0 Å². The fraction of sp³-hybridized carbons (Fsp3) is 0.350. The Balaban J connectivity index is 1.50. The minimum atomic E-state index is 0.0471. The number of benzene rings is 1. The number of nitrogens with one attached hydrogen (secondary N) is 1. The number of carbonyl (C=O) groups is 1. The summed E-state index contributed by atoms with van der Waals surface area (Å²) in [6, 6.07) is 12.3. The third kappa shape index (κ3) is 3.14. The Kier molecular flexibility index (Phi) is 4.22. The first kappa shape index (κ1) is 15.8. The second kappa shape index (κ2) is 6.67. The quantitative estimate of drug-likeness (QED) is 0.794. The molecule has 1 saturated heterocycles. The van der Waals surface area contributed by atoms with Crippen LogP contribution in [0.2, 0.25) is 0 Å². The van der Waals surface area contributed by atoms with Crippen LogP contribution in [0.3, 0.4) is 0 Å². The number of rotatable bonds is 4. The molecule has 0 spiro atoms. The average Bonchev–Trinajstić information content (AvgIpc) is 3.26. The van der Waals surface area contributed by atoms with E-state index in [9.17, 15) is 4.79 Å². The van der Waals surface area contributed by atoms with E-state index < -0.39 is 0 Å². The summed E-state index contributed by atoms with van der Waals surface area (Å²) in [5.74, 6) is 0.0471. The van der Waals surface area contributed by atoms with Crippen LogP contribution in [-0.2, 0) is 6.42 Å².